The Labute approximate surface area is 166 Å². The molecule has 1 aliphatic heterocycles. The van der Waals surface area contributed by atoms with Gasteiger partial charge in [0.1, 0.15) is 9.90 Å². The zero-order chi connectivity index (χ0) is 19.0. The Hall–Kier alpha value is -1.59. The number of piperazine rings is 1. The Morgan fingerprint density at radius 3 is 2.59 bits per heavy atom. The normalized spacial score (nSPS) is 16.8. The van der Waals surface area contributed by atoms with Gasteiger partial charge >= 0.3 is 0 Å². The van der Waals surface area contributed by atoms with Gasteiger partial charge in [-0.15, -0.1) is 22.7 Å². The van der Waals surface area contributed by atoms with Gasteiger partial charge in [0.15, 0.2) is 0 Å². The van der Waals surface area contributed by atoms with Gasteiger partial charge in [-0.2, -0.15) is 9.40 Å². The van der Waals surface area contributed by atoms with Gasteiger partial charge in [-0.1, -0.05) is 6.07 Å². The number of nitrogens with one attached hydrogen (secondary N) is 1. The quantitative estimate of drug-likeness (QED) is 0.682. The standard InChI is InChI=1S/C17H21N5O2S3/c1-12-17(13(2)20-19-12)27(23,24)22-7-5-21(6-8-22)10-16-18-14(11-26-16)15-4-3-9-25-15/h3-4,9,11H,5-8,10H2,1-2H3,(H,19,20). The van der Waals surface area contributed by atoms with E-state index in [4.69, 9.17) is 4.98 Å². The fourth-order valence-electron chi connectivity index (χ4n) is 3.29. The van der Waals surface area contributed by atoms with Crippen molar-refractivity contribution in [2.24, 2.45) is 0 Å². The van der Waals surface area contributed by atoms with E-state index < -0.39 is 10.0 Å². The summed E-state index contributed by atoms with van der Waals surface area (Å²) >= 11 is 3.35. The highest BCUT2D eigenvalue weighted by Crippen LogP contribution is 2.27. The third-order valence-electron chi connectivity index (χ3n) is 4.67. The molecule has 4 rings (SSSR count). The lowest BCUT2D eigenvalue weighted by atomic mass is 10.3. The van der Waals surface area contributed by atoms with E-state index in [1.165, 1.54) is 4.88 Å². The molecular formula is C17H21N5O2S3. The molecule has 1 aliphatic rings. The van der Waals surface area contributed by atoms with Crippen molar-refractivity contribution in [1.29, 1.82) is 0 Å². The summed E-state index contributed by atoms with van der Waals surface area (Å²) in [6.07, 6.45) is 0. The lowest BCUT2D eigenvalue weighted by molar-refractivity contribution is 0.181. The number of H-pyrrole nitrogens is 1. The molecule has 4 heterocycles. The number of hydrogen-bond donors (Lipinski definition) is 1. The fraction of sp³-hybridized carbons (Fsp3) is 0.412. The molecule has 0 amide bonds. The number of rotatable bonds is 5. The fourth-order valence-corrected chi connectivity index (χ4v) is 6.64. The number of nitrogens with zero attached hydrogens (tertiary/aromatic N) is 4. The predicted octanol–water partition coefficient (Wildman–Crippen LogP) is 2.72. The van der Waals surface area contributed by atoms with Crippen LogP contribution in [-0.2, 0) is 16.6 Å². The van der Waals surface area contributed by atoms with Crippen molar-refractivity contribution in [3.63, 3.8) is 0 Å². The number of thiophene rings is 1. The summed E-state index contributed by atoms with van der Waals surface area (Å²) < 4.78 is 27.4. The monoisotopic (exact) mass is 423 g/mol. The number of aromatic amines is 1. The molecule has 0 atom stereocenters. The summed E-state index contributed by atoms with van der Waals surface area (Å²) in [6, 6.07) is 4.11. The van der Waals surface area contributed by atoms with E-state index in [1.54, 1.807) is 40.8 Å². The molecule has 0 aliphatic carbocycles. The first-order valence-electron chi connectivity index (χ1n) is 8.67. The van der Waals surface area contributed by atoms with Crippen molar-refractivity contribution in [2.45, 2.75) is 25.3 Å². The highest BCUT2D eigenvalue weighted by Gasteiger charge is 2.32. The lowest BCUT2D eigenvalue weighted by Crippen LogP contribution is -2.48. The van der Waals surface area contributed by atoms with Crippen LogP contribution in [0.3, 0.4) is 0 Å². The first-order chi connectivity index (χ1) is 12.9. The molecule has 1 saturated heterocycles. The van der Waals surface area contributed by atoms with Gasteiger partial charge < -0.3 is 0 Å². The molecule has 3 aromatic rings. The second-order valence-electron chi connectivity index (χ2n) is 6.55. The summed E-state index contributed by atoms with van der Waals surface area (Å²) in [4.78, 5) is 8.48. The van der Waals surface area contributed by atoms with E-state index in [1.807, 2.05) is 6.07 Å². The van der Waals surface area contributed by atoms with E-state index in [0.29, 0.717) is 42.5 Å². The molecule has 10 heteroatoms. The van der Waals surface area contributed by atoms with E-state index in [-0.39, 0.29) is 0 Å². The molecular weight excluding hydrogens is 402 g/mol. The zero-order valence-corrected chi connectivity index (χ0v) is 17.6. The van der Waals surface area contributed by atoms with Crippen LogP contribution in [0.15, 0.2) is 27.8 Å². The maximum atomic E-state index is 12.9. The Bertz CT molecular complexity index is 996. The molecule has 27 heavy (non-hydrogen) atoms. The Morgan fingerprint density at radius 1 is 1.19 bits per heavy atom. The van der Waals surface area contributed by atoms with Gasteiger partial charge in [-0.3, -0.25) is 10.00 Å². The minimum Gasteiger partial charge on any atom is -0.294 e. The van der Waals surface area contributed by atoms with Crippen molar-refractivity contribution in [3.8, 4) is 10.6 Å². The van der Waals surface area contributed by atoms with E-state index in [9.17, 15) is 8.42 Å². The van der Waals surface area contributed by atoms with Gasteiger partial charge in [0.05, 0.1) is 28.5 Å². The van der Waals surface area contributed by atoms with Gasteiger partial charge in [-0.05, 0) is 25.3 Å². The summed E-state index contributed by atoms with van der Waals surface area (Å²) in [5.74, 6) is 0. The van der Waals surface area contributed by atoms with Crippen LogP contribution in [-0.4, -0.2) is 59.0 Å². The summed E-state index contributed by atoms with van der Waals surface area (Å²) in [6.45, 7) is 6.59. The smallest absolute Gasteiger partial charge is 0.246 e. The number of sulfonamides is 1. The van der Waals surface area contributed by atoms with Crippen LogP contribution in [0.4, 0.5) is 0 Å². The average molecular weight is 424 g/mol. The Kier molecular flexibility index (Phi) is 5.17. The first kappa shape index (κ1) is 18.8. The van der Waals surface area contributed by atoms with E-state index >= 15 is 0 Å². The zero-order valence-electron chi connectivity index (χ0n) is 15.2. The van der Waals surface area contributed by atoms with Crippen molar-refractivity contribution < 1.29 is 8.42 Å². The highest BCUT2D eigenvalue weighted by atomic mass is 32.2. The van der Waals surface area contributed by atoms with Crippen molar-refractivity contribution in [1.82, 2.24) is 24.4 Å². The third kappa shape index (κ3) is 3.72. The van der Waals surface area contributed by atoms with Crippen LogP contribution in [0.2, 0.25) is 0 Å². The van der Waals surface area contributed by atoms with Crippen molar-refractivity contribution in [2.75, 3.05) is 26.2 Å². The minimum absolute atomic E-state index is 0.316. The number of hydrogen-bond acceptors (Lipinski definition) is 7. The van der Waals surface area contributed by atoms with Crippen LogP contribution in [0.25, 0.3) is 10.6 Å². The molecule has 0 radical (unpaired) electrons. The summed E-state index contributed by atoms with van der Waals surface area (Å²) in [7, 11) is -3.50. The van der Waals surface area contributed by atoms with Crippen LogP contribution in [0.1, 0.15) is 16.4 Å². The van der Waals surface area contributed by atoms with Gasteiger partial charge in [-0.25, -0.2) is 13.4 Å². The SMILES string of the molecule is Cc1n[nH]c(C)c1S(=O)(=O)N1CCN(Cc2nc(-c3cccs3)cs2)CC1. The van der Waals surface area contributed by atoms with Crippen LogP contribution in [0, 0.1) is 13.8 Å². The van der Waals surface area contributed by atoms with Crippen molar-refractivity contribution in [3.05, 3.63) is 39.3 Å². The maximum Gasteiger partial charge on any atom is 0.246 e. The summed E-state index contributed by atoms with van der Waals surface area (Å²) in [5.41, 5.74) is 2.15. The first-order valence-corrected chi connectivity index (χ1v) is 11.9. The molecule has 0 unspecified atom stereocenters. The van der Waals surface area contributed by atoms with Gasteiger partial charge in [0.2, 0.25) is 10.0 Å². The van der Waals surface area contributed by atoms with Gasteiger partial charge in [0.25, 0.3) is 0 Å². The van der Waals surface area contributed by atoms with Crippen LogP contribution < -0.4 is 0 Å². The van der Waals surface area contributed by atoms with Crippen LogP contribution >= 0.6 is 22.7 Å². The molecule has 144 valence electrons. The predicted molar refractivity (Wildman–Crippen MR) is 108 cm³/mol. The molecule has 1 N–H and O–H groups in total. The number of thiazole rings is 1. The summed E-state index contributed by atoms with van der Waals surface area (Å²) in [5, 5.41) is 12.0. The van der Waals surface area contributed by atoms with E-state index in [0.717, 1.165) is 17.2 Å². The molecule has 0 spiro atoms. The largest absolute Gasteiger partial charge is 0.294 e. The molecule has 0 bridgehead atoms. The molecule has 0 saturated carbocycles. The Morgan fingerprint density at radius 2 is 1.96 bits per heavy atom. The van der Waals surface area contributed by atoms with Crippen molar-refractivity contribution >= 4 is 32.7 Å². The number of aromatic nitrogens is 3. The second-order valence-corrected chi connectivity index (χ2v) is 10.3. The molecule has 0 aromatic carbocycles. The van der Waals surface area contributed by atoms with Gasteiger partial charge in [0, 0.05) is 31.6 Å². The Balaban J connectivity index is 1.39. The molecule has 7 nitrogen and oxygen atoms in total. The topological polar surface area (TPSA) is 82.2 Å². The lowest BCUT2D eigenvalue weighted by Gasteiger charge is -2.33. The average Bonchev–Trinajstić information content (AvgIpc) is 3.37. The molecule has 1 fully saturated rings. The highest BCUT2D eigenvalue weighted by molar-refractivity contribution is 7.89. The second kappa shape index (κ2) is 7.44. The van der Waals surface area contributed by atoms with E-state index in [2.05, 4.69) is 31.9 Å². The molecule has 3 aromatic heterocycles. The minimum atomic E-state index is -3.50. The third-order valence-corrected chi connectivity index (χ3v) is 8.56. The van der Waals surface area contributed by atoms with Crippen LogP contribution in [0.5, 0.6) is 0 Å². The number of aryl methyl sites for hydroxylation is 2. The maximum absolute atomic E-state index is 12.9.